The Labute approximate surface area is 264 Å². The molecule has 44 heavy (non-hydrogen) atoms. The van der Waals surface area contributed by atoms with E-state index in [2.05, 4.69) is 49.9 Å². The summed E-state index contributed by atoms with van der Waals surface area (Å²) in [7, 11) is 0. The summed E-state index contributed by atoms with van der Waals surface area (Å²) in [6, 6.07) is 9.56. The summed E-state index contributed by atoms with van der Waals surface area (Å²) in [6.07, 6.45) is 5.30. The van der Waals surface area contributed by atoms with Crippen molar-refractivity contribution in [1.29, 1.82) is 0 Å². The van der Waals surface area contributed by atoms with Crippen molar-refractivity contribution in [3.8, 4) is 10.4 Å². The van der Waals surface area contributed by atoms with E-state index in [1.54, 1.807) is 16.2 Å². The Morgan fingerprint density at radius 1 is 1.09 bits per heavy atom. The van der Waals surface area contributed by atoms with Crippen molar-refractivity contribution in [3.63, 3.8) is 0 Å². The number of aromatic nitrogens is 2. The van der Waals surface area contributed by atoms with Crippen LogP contribution >= 0.6 is 11.3 Å². The standard InChI is InChI=1S/C34H46N6O3S/c1-21(2)31(29-17-30(38-43-29)39-18-25(19-39)16-24-11-13-35-14-12-24)34(42)40-15-5-6-28(40)33(41)37-22(3)26-7-9-27(10-8-26)32-23(4)36-20-44-32/h7-10,17,20-22,24-25,28,31,35H,5-6,11-16,18-19H2,1-4H3,(H,37,41)/t22?,28-,31?/m0/s1. The molecule has 3 fully saturated rings. The van der Waals surface area contributed by atoms with E-state index < -0.39 is 12.0 Å². The number of likely N-dealkylation sites (tertiary alicyclic amines) is 1. The number of aryl methyl sites for hydroxylation is 1. The average Bonchev–Trinajstić information content (AvgIpc) is 3.77. The Morgan fingerprint density at radius 2 is 1.84 bits per heavy atom. The normalized spacial score (nSPS) is 21.0. The molecule has 0 bridgehead atoms. The van der Waals surface area contributed by atoms with Crippen LogP contribution in [-0.2, 0) is 9.59 Å². The summed E-state index contributed by atoms with van der Waals surface area (Å²) in [5, 5.41) is 11.0. The van der Waals surface area contributed by atoms with Gasteiger partial charge in [0.05, 0.1) is 22.1 Å². The van der Waals surface area contributed by atoms with Crippen LogP contribution in [0.5, 0.6) is 0 Å². The van der Waals surface area contributed by atoms with Gasteiger partial charge in [-0.15, -0.1) is 11.3 Å². The van der Waals surface area contributed by atoms with Gasteiger partial charge in [-0.3, -0.25) is 9.59 Å². The van der Waals surface area contributed by atoms with Gasteiger partial charge in [-0.2, -0.15) is 0 Å². The topological polar surface area (TPSA) is 104 Å². The number of hydrogen-bond donors (Lipinski definition) is 2. The maximum atomic E-state index is 14.0. The van der Waals surface area contributed by atoms with Crippen LogP contribution in [-0.4, -0.2) is 65.6 Å². The highest BCUT2D eigenvalue weighted by molar-refractivity contribution is 7.13. The minimum absolute atomic E-state index is 0.0104. The first-order valence-corrected chi connectivity index (χ1v) is 17.2. The molecule has 0 aliphatic carbocycles. The summed E-state index contributed by atoms with van der Waals surface area (Å²) in [4.78, 5) is 37.1. The molecule has 1 aromatic carbocycles. The van der Waals surface area contributed by atoms with E-state index in [9.17, 15) is 9.59 Å². The second kappa shape index (κ2) is 13.4. The van der Waals surface area contributed by atoms with Crippen molar-refractivity contribution >= 4 is 29.0 Å². The highest BCUT2D eigenvalue weighted by atomic mass is 32.1. The minimum Gasteiger partial charge on any atom is -0.358 e. The second-order valence-electron chi connectivity index (χ2n) is 13.3. The van der Waals surface area contributed by atoms with Gasteiger partial charge in [-0.05, 0) is 87.9 Å². The SMILES string of the molecule is Cc1ncsc1-c1ccc(C(C)NC(=O)[C@@H]2CCCN2C(=O)C(c2cc(N3CC(CC4CCNCC4)C3)no2)C(C)C)cc1. The van der Waals surface area contributed by atoms with Gasteiger partial charge >= 0.3 is 0 Å². The molecule has 2 aromatic heterocycles. The van der Waals surface area contributed by atoms with Gasteiger partial charge in [-0.25, -0.2) is 4.98 Å². The van der Waals surface area contributed by atoms with Gasteiger partial charge in [0.2, 0.25) is 11.8 Å². The molecule has 2 unspecified atom stereocenters. The van der Waals surface area contributed by atoms with Crippen LogP contribution in [0.25, 0.3) is 10.4 Å². The Morgan fingerprint density at radius 3 is 2.52 bits per heavy atom. The molecule has 0 saturated carbocycles. The maximum Gasteiger partial charge on any atom is 0.243 e. The van der Waals surface area contributed by atoms with Crippen LogP contribution in [0.4, 0.5) is 5.82 Å². The number of piperidine rings is 1. The lowest BCUT2D eigenvalue weighted by molar-refractivity contribution is -0.141. The molecule has 3 saturated heterocycles. The van der Waals surface area contributed by atoms with Gasteiger partial charge in [0.1, 0.15) is 12.0 Å². The quantitative estimate of drug-likeness (QED) is 0.308. The molecule has 2 amide bonds. The maximum absolute atomic E-state index is 14.0. The van der Waals surface area contributed by atoms with Crippen LogP contribution in [0.15, 0.2) is 40.4 Å². The van der Waals surface area contributed by atoms with Crippen LogP contribution < -0.4 is 15.5 Å². The first-order chi connectivity index (χ1) is 21.3. The van der Waals surface area contributed by atoms with Crippen molar-refractivity contribution in [2.24, 2.45) is 17.8 Å². The molecule has 3 aliphatic heterocycles. The van der Waals surface area contributed by atoms with Gasteiger partial charge < -0.3 is 25.0 Å². The molecular weight excluding hydrogens is 572 g/mol. The molecule has 0 radical (unpaired) electrons. The lowest BCUT2D eigenvalue weighted by Gasteiger charge is -2.41. The lowest BCUT2D eigenvalue weighted by atomic mass is 9.84. The minimum atomic E-state index is -0.487. The predicted octanol–water partition coefficient (Wildman–Crippen LogP) is 5.54. The van der Waals surface area contributed by atoms with E-state index in [-0.39, 0.29) is 23.8 Å². The lowest BCUT2D eigenvalue weighted by Crippen LogP contribution is -2.48. The Kier molecular flexibility index (Phi) is 9.37. The Bertz CT molecular complexity index is 1420. The van der Waals surface area contributed by atoms with Crippen molar-refractivity contribution in [2.45, 2.75) is 77.8 Å². The van der Waals surface area contributed by atoms with Crippen LogP contribution in [0.2, 0.25) is 0 Å². The van der Waals surface area contributed by atoms with Crippen molar-refractivity contribution in [3.05, 3.63) is 52.9 Å². The number of hydrogen-bond acceptors (Lipinski definition) is 8. The summed E-state index contributed by atoms with van der Waals surface area (Å²) in [5.41, 5.74) is 5.03. The number of nitrogens with one attached hydrogen (secondary N) is 2. The second-order valence-corrected chi connectivity index (χ2v) is 14.2. The first kappa shape index (κ1) is 30.8. The number of carbonyl (C=O) groups excluding carboxylic acids is 2. The fourth-order valence-corrected chi connectivity index (χ4v) is 7.99. The van der Waals surface area contributed by atoms with Crippen molar-refractivity contribution in [2.75, 3.05) is 37.6 Å². The summed E-state index contributed by atoms with van der Waals surface area (Å²) < 4.78 is 5.82. The molecule has 3 aromatic rings. The number of nitrogens with zero attached hydrogens (tertiary/aromatic N) is 4. The molecule has 6 rings (SSSR count). The molecule has 10 heteroatoms. The summed E-state index contributed by atoms with van der Waals surface area (Å²) in [6.45, 7) is 12.9. The third-order valence-corrected chi connectivity index (χ3v) is 10.8. The third-order valence-electron chi connectivity index (χ3n) is 9.78. The first-order valence-electron chi connectivity index (χ1n) is 16.3. The number of benzene rings is 1. The van der Waals surface area contributed by atoms with Crippen molar-refractivity contribution < 1.29 is 14.1 Å². The van der Waals surface area contributed by atoms with Crippen molar-refractivity contribution in [1.82, 2.24) is 25.7 Å². The van der Waals surface area contributed by atoms with E-state index in [0.29, 0.717) is 24.6 Å². The highest BCUT2D eigenvalue weighted by Gasteiger charge is 2.41. The number of thiazole rings is 1. The monoisotopic (exact) mass is 618 g/mol. The van der Waals surface area contributed by atoms with Crippen LogP contribution in [0.3, 0.4) is 0 Å². The Hall–Kier alpha value is -3.24. The number of rotatable bonds is 10. The van der Waals surface area contributed by atoms with Crippen LogP contribution in [0, 0.1) is 24.7 Å². The van der Waals surface area contributed by atoms with Gasteiger partial charge in [0.15, 0.2) is 11.6 Å². The molecule has 2 N–H and O–H groups in total. The van der Waals surface area contributed by atoms with Gasteiger partial charge in [-0.1, -0.05) is 43.3 Å². The zero-order valence-corrected chi connectivity index (χ0v) is 27.2. The van der Waals surface area contributed by atoms with Crippen LogP contribution in [0.1, 0.15) is 81.9 Å². The number of anilines is 1. The predicted molar refractivity (Wildman–Crippen MR) is 174 cm³/mol. The average molecular weight is 619 g/mol. The van der Waals surface area contributed by atoms with E-state index in [4.69, 9.17) is 4.52 Å². The summed E-state index contributed by atoms with van der Waals surface area (Å²) in [5.74, 6) is 2.32. The third kappa shape index (κ3) is 6.56. The number of carbonyl (C=O) groups is 2. The zero-order valence-electron chi connectivity index (χ0n) is 26.4. The van der Waals surface area contributed by atoms with E-state index in [0.717, 1.165) is 66.0 Å². The van der Waals surface area contributed by atoms with E-state index in [1.165, 1.54) is 19.3 Å². The van der Waals surface area contributed by atoms with Gasteiger partial charge in [0, 0.05) is 25.7 Å². The summed E-state index contributed by atoms with van der Waals surface area (Å²) >= 11 is 1.63. The molecule has 9 nitrogen and oxygen atoms in total. The van der Waals surface area contributed by atoms with E-state index >= 15 is 0 Å². The smallest absolute Gasteiger partial charge is 0.243 e. The molecule has 5 heterocycles. The Balaban J connectivity index is 1.06. The molecule has 0 spiro atoms. The largest absolute Gasteiger partial charge is 0.358 e. The molecule has 3 atom stereocenters. The zero-order chi connectivity index (χ0) is 30.8. The number of amides is 2. The molecular formula is C34H46N6O3S. The fraction of sp³-hybridized carbons (Fsp3) is 0.588. The fourth-order valence-electron chi connectivity index (χ4n) is 7.18. The molecule has 236 valence electrons. The molecule has 3 aliphatic rings. The van der Waals surface area contributed by atoms with E-state index in [1.807, 2.05) is 39.3 Å². The highest BCUT2D eigenvalue weighted by Crippen LogP contribution is 2.36. The van der Waals surface area contributed by atoms with Gasteiger partial charge in [0.25, 0.3) is 0 Å².